The molecule has 3 heterocycles. The van der Waals surface area contributed by atoms with Gasteiger partial charge in [-0.1, -0.05) is 23.8 Å². The number of hydrogen-bond acceptors (Lipinski definition) is 4. The van der Waals surface area contributed by atoms with E-state index in [0.717, 1.165) is 41.9 Å². The zero-order chi connectivity index (χ0) is 22.4. The molecule has 0 N–H and O–H groups in total. The zero-order valence-corrected chi connectivity index (χ0v) is 19.1. The zero-order valence-electron chi connectivity index (χ0n) is 19.1. The first-order chi connectivity index (χ1) is 14.7. The van der Waals surface area contributed by atoms with E-state index in [0.29, 0.717) is 16.9 Å². The number of rotatable bonds is 6. The van der Waals surface area contributed by atoms with Gasteiger partial charge in [0.1, 0.15) is 0 Å². The van der Waals surface area contributed by atoms with Crippen LogP contribution >= 0.6 is 0 Å². The minimum Gasteiger partial charge on any atom is -0.314 e. The van der Waals surface area contributed by atoms with Crippen LogP contribution in [0.1, 0.15) is 28.8 Å². The Morgan fingerprint density at radius 3 is 2.52 bits per heavy atom. The minimum absolute atomic E-state index is 0.241. The van der Waals surface area contributed by atoms with Crippen LogP contribution in [-0.4, -0.2) is 48.6 Å². The molecule has 0 radical (unpaired) electrons. The van der Waals surface area contributed by atoms with Crippen LogP contribution in [-0.2, 0) is 20.1 Å². The molecule has 31 heavy (non-hydrogen) atoms. The fraction of sp³-hybridized carbons (Fsp3) is 0.435. The van der Waals surface area contributed by atoms with Crippen LogP contribution in [0, 0.1) is 20.8 Å². The average molecular weight is 423 g/mol. The lowest BCUT2D eigenvalue weighted by Crippen LogP contribution is -2.39. The Balaban J connectivity index is 1.89. The maximum atomic E-state index is 13.5. The molecule has 1 aromatic carbocycles. The number of aromatic nitrogens is 5. The Morgan fingerprint density at radius 1 is 1.06 bits per heavy atom. The Bertz CT molecular complexity index is 1400. The van der Waals surface area contributed by atoms with E-state index in [1.165, 1.54) is 9.13 Å². The van der Waals surface area contributed by atoms with Crippen LogP contribution in [0.4, 0.5) is 0 Å². The van der Waals surface area contributed by atoms with Gasteiger partial charge in [-0.2, -0.15) is 4.98 Å². The molecule has 0 bridgehead atoms. The van der Waals surface area contributed by atoms with Gasteiger partial charge < -0.3 is 9.47 Å². The van der Waals surface area contributed by atoms with Crippen LogP contribution in [0.2, 0.25) is 0 Å². The Hall–Kier alpha value is -3.13. The van der Waals surface area contributed by atoms with Gasteiger partial charge in [0.05, 0.1) is 6.54 Å². The highest BCUT2D eigenvalue weighted by Crippen LogP contribution is 2.17. The molecule has 0 spiro atoms. The molecule has 0 unspecified atom stereocenters. The predicted molar refractivity (Wildman–Crippen MR) is 123 cm³/mol. The molecular weight excluding hydrogens is 392 g/mol. The van der Waals surface area contributed by atoms with Gasteiger partial charge in [0.2, 0.25) is 5.78 Å². The van der Waals surface area contributed by atoms with E-state index in [1.807, 2.05) is 49.6 Å². The van der Waals surface area contributed by atoms with E-state index >= 15 is 0 Å². The number of aryl methyl sites for hydroxylation is 5. The van der Waals surface area contributed by atoms with E-state index in [1.54, 1.807) is 7.05 Å². The summed E-state index contributed by atoms with van der Waals surface area (Å²) in [5.41, 5.74) is 4.37. The molecule has 0 saturated carbocycles. The molecule has 0 amide bonds. The van der Waals surface area contributed by atoms with Gasteiger partial charge >= 0.3 is 5.69 Å². The van der Waals surface area contributed by atoms with Crippen molar-refractivity contribution in [2.45, 2.75) is 40.3 Å². The number of benzene rings is 1. The van der Waals surface area contributed by atoms with Gasteiger partial charge in [-0.25, -0.2) is 4.79 Å². The van der Waals surface area contributed by atoms with Crippen molar-refractivity contribution in [3.63, 3.8) is 0 Å². The lowest BCUT2D eigenvalue weighted by atomic mass is 10.1. The molecule has 0 fully saturated rings. The minimum atomic E-state index is -0.352. The van der Waals surface area contributed by atoms with Crippen molar-refractivity contribution in [2.75, 3.05) is 20.6 Å². The van der Waals surface area contributed by atoms with Gasteiger partial charge in [-0.3, -0.25) is 18.3 Å². The van der Waals surface area contributed by atoms with Crippen LogP contribution in [0.5, 0.6) is 0 Å². The number of fused-ring (bicyclic) bond motifs is 3. The molecule has 8 heteroatoms. The second kappa shape index (κ2) is 7.85. The number of nitrogens with zero attached hydrogens (tertiary/aromatic N) is 6. The molecule has 4 rings (SSSR count). The molecule has 0 atom stereocenters. The third kappa shape index (κ3) is 3.61. The fourth-order valence-corrected chi connectivity index (χ4v) is 4.16. The topological polar surface area (TPSA) is 69.5 Å². The van der Waals surface area contributed by atoms with Crippen LogP contribution in [0.15, 0.2) is 34.0 Å². The van der Waals surface area contributed by atoms with E-state index in [9.17, 15) is 9.59 Å². The second-order valence-corrected chi connectivity index (χ2v) is 8.70. The first-order valence-electron chi connectivity index (χ1n) is 10.6. The van der Waals surface area contributed by atoms with E-state index < -0.39 is 0 Å². The summed E-state index contributed by atoms with van der Waals surface area (Å²) in [5.74, 6) is 0.697. The monoisotopic (exact) mass is 422 g/mol. The molecule has 3 aromatic heterocycles. The molecule has 8 nitrogen and oxygen atoms in total. The van der Waals surface area contributed by atoms with Crippen molar-refractivity contribution in [3.05, 3.63) is 67.6 Å². The van der Waals surface area contributed by atoms with Crippen LogP contribution in [0.25, 0.3) is 16.9 Å². The first kappa shape index (κ1) is 21.1. The largest absolute Gasteiger partial charge is 0.332 e. The third-order valence-corrected chi connectivity index (χ3v) is 5.96. The van der Waals surface area contributed by atoms with E-state index in [4.69, 9.17) is 4.98 Å². The Kier molecular flexibility index (Phi) is 5.35. The Labute approximate surface area is 181 Å². The summed E-state index contributed by atoms with van der Waals surface area (Å²) in [6.45, 7) is 8.03. The van der Waals surface area contributed by atoms with E-state index in [-0.39, 0.29) is 17.8 Å². The van der Waals surface area contributed by atoms with Gasteiger partial charge in [0, 0.05) is 25.5 Å². The molecule has 0 aliphatic carbocycles. The smallest absolute Gasteiger partial charge is 0.314 e. The highest BCUT2D eigenvalue weighted by atomic mass is 16.2. The fourth-order valence-electron chi connectivity index (χ4n) is 4.16. The predicted octanol–water partition coefficient (Wildman–Crippen LogP) is 2.07. The van der Waals surface area contributed by atoms with Gasteiger partial charge in [0.15, 0.2) is 11.2 Å². The number of hydrogen-bond donors (Lipinski definition) is 0. The van der Waals surface area contributed by atoms with Crippen LogP contribution in [0.3, 0.4) is 0 Å². The molecular formula is C23H30N6O2. The first-order valence-corrected chi connectivity index (χ1v) is 10.6. The average Bonchev–Trinajstić information content (AvgIpc) is 3.21. The highest BCUT2D eigenvalue weighted by Gasteiger charge is 2.20. The summed E-state index contributed by atoms with van der Waals surface area (Å²) in [6, 6.07) is 6.08. The Morgan fingerprint density at radius 2 is 1.81 bits per heavy atom. The van der Waals surface area contributed by atoms with Gasteiger partial charge in [0.25, 0.3) is 5.56 Å². The number of imidazole rings is 2. The van der Waals surface area contributed by atoms with Crippen molar-refractivity contribution in [1.29, 1.82) is 0 Å². The molecule has 0 aliphatic rings. The SMILES string of the molecule is Cc1ccc(C)c(Cn2c(=O)c3c(nc4n(CCCN(C)C)c(C)cn34)n(C)c2=O)c1. The van der Waals surface area contributed by atoms with Crippen molar-refractivity contribution in [1.82, 2.24) is 28.0 Å². The van der Waals surface area contributed by atoms with Crippen molar-refractivity contribution >= 4 is 16.9 Å². The molecule has 4 aromatic rings. The summed E-state index contributed by atoms with van der Waals surface area (Å²) >= 11 is 0. The highest BCUT2D eigenvalue weighted by molar-refractivity contribution is 5.75. The summed E-state index contributed by atoms with van der Waals surface area (Å²) in [5, 5.41) is 0. The molecule has 164 valence electrons. The maximum absolute atomic E-state index is 13.5. The molecule has 0 saturated heterocycles. The summed E-state index contributed by atoms with van der Waals surface area (Å²) in [4.78, 5) is 33.4. The normalized spacial score (nSPS) is 12.0. The molecule has 0 aliphatic heterocycles. The lowest BCUT2D eigenvalue weighted by Gasteiger charge is -2.11. The van der Waals surface area contributed by atoms with Crippen LogP contribution < -0.4 is 11.2 Å². The van der Waals surface area contributed by atoms with Gasteiger partial charge in [-0.15, -0.1) is 0 Å². The quantitative estimate of drug-likeness (QED) is 0.477. The third-order valence-electron chi connectivity index (χ3n) is 5.96. The summed E-state index contributed by atoms with van der Waals surface area (Å²) in [6.07, 6.45) is 2.91. The summed E-state index contributed by atoms with van der Waals surface area (Å²) < 4.78 is 6.75. The van der Waals surface area contributed by atoms with E-state index in [2.05, 4.69) is 23.6 Å². The standard InChI is InChI=1S/C23H30N6O2/c1-15-8-9-16(2)18(12-15)14-29-21(30)19-20(26(6)23(29)31)24-22-27(11-7-10-25(4)5)17(3)13-28(19)22/h8-9,12-13H,7,10-11,14H2,1-6H3. The summed E-state index contributed by atoms with van der Waals surface area (Å²) in [7, 11) is 5.78. The maximum Gasteiger partial charge on any atom is 0.332 e. The van der Waals surface area contributed by atoms with Crippen molar-refractivity contribution in [3.8, 4) is 0 Å². The second-order valence-electron chi connectivity index (χ2n) is 8.70. The lowest BCUT2D eigenvalue weighted by molar-refractivity contribution is 0.387. The van der Waals surface area contributed by atoms with Crippen molar-refractivity contribution < 1.29 is 0 Å². The van der Waals surface area contributed by atoms with Gasteiger partial charge in [-0.05, 0) is 59.0 Å². The van der Waals surface area contributed by atoms with Crippen molar-refractivity contribution in [2.24, 2.45) is 7.05 Å².